The standard InChI is InChI=1S/C12H23N3O/c1-5-15-7-6-13-11(15)14-9-12(4,16)8-10(2)3/h6-7,10,16H,5,8-9H2,1-4H3,(H,13,14). The van der Waals surface area contributed by atoms with Crippen molar-refractivity contribution < 1.29 is 5.11 Å². The van der Waals surface area contributed by atoms with Gasteiger partial charge in [0.25, 0.3) is 0 Å². The number of hydrogen-bond donors (Lipinski definition) is 2. The molecule has 1 atom stereocenters. The van der Waals surface area contributed by atoms with Gasteiger partial charge in [-0.25, -0.2) is 4.98 Å². The van der Waals surface area contributed by atoms with Crippen molar-refractivity contribution >= 4 is 5.95 Å². The maximum atomic E-state index is 10.1. The van der Waals surface area contributed by atoms with E-state index >= 15 is 0 Å². The smallest absolute Gasteiger partial charge is 0.202 e. The Kier molecular flexibility index (Phi) is 4.35. The molecule has 0 saturated heterocycles. The highest BCUT2D eigenvalue weighted by molar-refractivity contribution is 5.26. The predicted molar refractivity (Wildman–Crippen MR) is 66.5 cm³/mol. The second-order valence-corrected chi connectivity index (χ2v) is 4.99. The monoisotopic (exact) mass is 225 g/mol. The minimum absolute atomic E-state index is 0.489. The molecule has 0 saturated carbocycles. The summed E-state index contributed by atoms with van der Waals surface area (Å²) in [6, 6.07) is 0. The van der Waals surface area contributed by atoms with E-state index in [-0.39, 0.29) is 0 Å². The van der Waals surface area contributed by atoms with Crippen LogP contribution in [0.2, 0.25) is 0 Å². The zero-order chi connectivity index (χ0) is 12.2. The van der Waals surface area contributed by atoms with E-state index in [4.69, 9.17) is 0 Å². The fraction of sp³-hybridized carbons (Fsp3) is 0.750. The molecule has 0 fully saturated rings. The zero-order valence-electron chi connectivity index (χ0n) is 10.7. The lowest BCUT2D eigenvalue weighted by atomic mass is 9.94. The van der Waals surface area contributed by atoms with Gasteiger partial charge < -0.3 is 15.0 Å². The number of aromatic nitrogens is 2. The molecule has 0 amide bonds. The topological polar surface area (TPSA) is 50.1 Å². The van der Waals surface area contributed by atoms with Gasteiger partial charge in [0.15, 0.2) is 0 Å². The molecule has 0 spiro atoms. The molecule has 0 radical (unpaired) electrons. The molecule has 0 aliphatic rings. The summed E-state index contributed by atoms with van der Waals surface area (Å²) in [4.78, 5) is 4.21. The molecule has 1 aromatic heterocycles. The van der Waals surface area contributed by atoms with Gasteiger partial charge in [-0.1, -0.05) is 13.8 Å². The van der Waals surface area contributed by atoms with E-state index < -0.39 is 5.60 Å². The fourth-order valence-electron chi connectivity index (χ4n) is 1.95. The van der Waals surface area contributed by atoms with Crippen molar-refractivity contribution in [2.24, 2.45) is 5.92 Å². The van der Waals surface area contributed by atoms with E-state index in [0.29, 0.717) is 12.5 Å². The minimum atomic E-state index is -0.682. The zero-order valence-corrected chi connectivity index (χ0v) is 10.7. The van der Waals surface area contributed by atoms with E-state index in [1.807, 2.05) is 17.7 Å². The van der Waals surface area contributed by atoms with Crippen molar-refractivity contribution in [2.75, 3.05) is 11.9 Å². The van der Waals surface area contributed by atoms with Crippen molar-refractivity contribution in [1.29, 1.82) is 0 Å². The maximum absolute atomic E-state index is 10.1. The van der Waals surface area contributed by atoms with E-state index in [0.717, 1.165) is 18.9 Å². The lowest BCUT2D eigenvalue weighted by molar-refractivity contribution is 0.0513. The van der Waals surface area contributed by atoms with Gasteiger partial charge in [0, 0.05) is 25.5 Å². The number of imidazole rings is 1. The van der Waals surface area contributed by atoms with Crippen LogP contribution in [0.3, 0.4) is 0 Å². The largest absolute Gasteiger partial charge is 0.388 e. The molecule has 2 N–H and O–H groups in total. The summed E-state index contributed by atoms with van der Waals surface area (Å²) in [5.74, 6) is 1.31. The molecule has 16 heavy (non-hydrogen) atoms. The van der Waals surface area contributed by atoms with Crippen LogP contribution in [0.5, 0.6) is 0 Å². The van der Waals surface area contributed by atoms with Crippen molar-refractivity contribution in [3.63, 3.8) is 0 Å². The molecule has 1 unspecified atom stereocenters. The highest BCUT2D eigenvalue weighted by Crippen LogP contribution is 2.17. The van der Waals surface area contributed by atoms with Crippen LogP contribution in [0, 0.1) is 5.92 Å². The lowest BCUT2D eigenvalue weighted by Gasteiger charge is -2.25. The van der Waals surface area contributed by atoms with Gasteiger partial charge >= 0.3 is 0 Å². The molecule has 0 aliphatic carbocycles. The second kappa shape index (κ2) is 5.34. The van der Waals surface area contributed by atoms with Gasteiger partial charge in [0.05, 0.1) is 5.60 Å². The lowest BCUT2D eigenvalue weighted by Crippen LogP contribution is -2.35. The third-order valence-electron chi connectivity index (χ3n) is 2.53. The summed E-state index contributed by atoms with van der Waals surface area (Å²) in [5.41, 5.74) is -0.682. The van der Waals surface area contributed by atoms with Crippen LogP contribution in [-0.2, 0) is 6.54 Å². The van der Waals surface area contributed by atoms with Gasteiger partial charge in [-0.15, -0.1) is 0 Å². The number of aryl methyl sites for hydroxylation is 1. The number of nitrogens with zero attached hydrogens (tertiary/aromatic N) is 2. The molecule has 92 valence electrons. The Morgan fingerprint density at radius 1 is 1.56 bits per heavy atom. The minimum Gasteiger partial charge on any atom is -0.388 e. The molecular formula is C12H23N3O. The molecule has 1 rings (SSSR count). The first kappa shape index (κ1) is 13.0. The Hall–Kier alpha value is -1.03. The van der Waals surface area contributed by atoms with Crippen molar-refractivity contribution in [1.82, 2.24) is 9.55 Å². The van der Waals surface area contributed by atoms with Crippen LogP contribution in [-0.4, -0.2) is 26.8 Å². The van der Waals surface area contributed by atoms with Crippen LogP contribution in [0.1, 0.15) is 34.1 Å². The van der Waals surface area contributed by atoms with Crippen LogP contribution in [0.4, 0.5) is 5.95 Å². The Bertz CT molecular complexity index is 318. The summed E-state index contributed by atoms with van der Waals surface area (Å²) in [6.45, 7) is 9.57. The molecule has 0 aliphatic heterocycles. The average Bonchev–Trinajstić information content (AvgIpc) is 2.59. The highest BCUT2D eigenvalue weighted by atomic mass is 16.3. The van der Waals surface area contributed by atoms with E-state index in [9.17, 15) is 5.11 Å². The summed E-state index contributed by atoms with van der Waals surface area (Å²) in [5, 5.41) is 13.3. The van der Waals surface area contributed by atoms with Crippen molar-refractivity contribution in [3.8, 4) is 0 Å². The number of anilines is 1. The molecule has 4 nitrogen and oxygen atoms in total. The number of rotatable bonds is 6. The Balaban J connectivity index is 2.50. The fourth-order valence-corrected chi connectivity index (χ4v) is 1.95. The molecule has 0 aromatic carbocycles. The molecular weight excluding hydrogens is 202 g/mol. The van der Waals surface area contributed by atoms with E-state index in [1.54, 1.807) is 6.20 Å². The molecule has 4 heteroatoms. The molecule has 1 heterocycles. The Morgan fingerprint density at radius 3 is 2.81 bits per heavy atom. The second-order valence-electron chi connectivity index (χ2n) is 4.99. The predicted octanol–water partition coefficient (Wildman–Crippen LogP) is 2.11. The number of hydrogen-bond acceptors (Lipinski definition) is 3. The van der Waals surface area contributed by atoms with E-state index in [2.05, 4.69) is 31.1 Å². The first-order valence-corrected chi connectivity index (χ1v) is 5.92. The average molecular weight is 225 g/mol. The third-order valence-corrected chi connectivity index (χ3v) is 2.53. The van der Waals surface area contributed by atoms with Gasteiger partial charge in [0.2, 0.25) is 5.95 Å². The summed E-state index contributed by atoms with van der Waals surface area (Å²) < 4.78 is 2.02. The van der Waals surface area contributed by atoms with Gasteiger partial charge in [-0.05, 0) is 26.2 Å². The molecule has 1 aromatic rings. The van der Waals surface area contributed by atoms with Crippen LogP contribution < -0.4 is 5.32 Å². The van der Waals surface area contributed by atoms with Gasteiger partial charge in [0.1, 0.15) is 0 Å². The number of nitrogens with one attached hydrogen (secondary N) is 1. The first-order valence-electron chi connectivity index (χ1n) is 5.92. The maximum Gasteiger partial charge on any atom is 0.202 e. The summed E-state index contributed by atoms with van der Waals surface area (Å²) in [7, 11) is 0. The highest BCUT2D eigenvalue weighted by Gasteiger charge is 2.22. The Labute approximate surface area is 97.7 Å². The quantitative estimate of drug-likeness (QED) is 0.779. The van der Waals surface area contributed by atoms with Crippen molar-refractivity contribution in [3.05, 3.63) is 12.4 Å². The van der Waals surface area contributed by atoms with Gasteiger partial charge in [-0.3, -0.25) is 0 Å². The van der Waals surface area contributed by atoms with Gasteiger partial charge in [-0.2, -0.15) is 0 Å². The SMILES string of the molecule is CCn1ccnc1NCC(C)(O)CC(C)C. The summed E-state index contributed by atoms with van der Waals surface area (Å²) in [6.07, 6.45) is 4.48. The normalized spacial score (nSPS) is 15.1. The number of aliphatic hydroxyl groups is 1. The van der Waals surface area contributed by atoms with Crippen LogP contribution in [0.25, 0.3) is 0 Å². The van der Waals surface area contributed by atoms with Crippen molar-refractivity contribution in [2.45, 2.75) is 46.3 Å². The third kappa shape index (κ3) is 3.85. The first-order chi connectivity index (χ1) is 7.44. The summed E-state index contributed by atoms with van der Waals surface area (Å²) >= 11 is 0. The van der Waals surface area contributed by atoms with Crippen LogP contribution >= 0.6 is 0 Å². The Morgan fingerprint density at radius 2 is 2.25 bits per heavy atom. The van der Waals surface area contributed by atoms with Crippen LogP contribution in [0.15, 0.2) is 12.4 Å². The van der Waals surface area contributed by atoms with E-state index in [1.165, 1.54) is 0 Å². The molecule has 0 bridgehead atoms.